The summed E-state index contributed by atoms with van der Waals surface area (Å²) in [7, 11) is 0. The van der Waals surface area contributed by atoms with Crippen molar-refractivity contribution in [2.75, 3.05) is 25.4 Å². The van der Waals surface area contributed by atoms with Crippen molar-refractivity contribution in [3.8, 4) is 0 Å². The monoisotopic (exact) mass is 247 g/mol. The molecule has 1 unspecified atom stereocenters. The second-order valence-electron chi connectivity index (χ2n) is 4.71. The zero-order valence-electron chi connectivity index (χ0n) is 10.5. The van der Waals surface area contributed by atoms with Crippen molar-refractivity contribution in [1.82, 2.24) is 19.9 Å². The van der Waals surface area contributed by atoms with Crippen LogP contribution in [-0.4, -0.2) is 39.5 Å². The number of anilines is 1. The van der Waals surface area contributed by atoms with Gasteiger partial charge in [0, 0.05) is 12.5 Å². The van der Waals surface area contributed by atoms with Gasteiger partial charge in [-0.25, -0.2) is 9.97 Å². The largest absolute Gasteiger partial charge is 0.403 e. The fraction of sp³-hybridized carbons (Fsp3) is 0.583. The summed E-state index contributed by atoms with van der Waals surface area (Å²) in [6.45, 7) is 5.50. The smallest absolute Gasteiger partial charge is 0.295 e. The van der Waals surface area contributed by atoms with Crippen LogP contribution in [0.1, 0.15) is 31.4 Å². The molecular weight excluding hydrogens is 230 g/mol. The normalized spacial score (nSPS) is 21.5. The maximum Gasteiger partial charge on any atom is 0.295 e. The second kappa shape index (κ2) is 4.53. The van der Waals surface area contributed by atoms with E-state index in [0.717, 1.165) is 25.2 Å². The fourth-order valence-electron chi connectivity index (χ4n) is 2.53. The average Bonchev–Trinajstić information content (AvgIpc) is 2.77. The first-order valence-corrected chi connectivity index (χ1v) is 6.37. The van der Waals surface area contributed by atoms with Crippen LogP contribution in [0.15, 0.2) is 10.6 Å². The van der Waals surface area contributed by atoms with Gasteiger partial charge in [0.1, 0.15) is 0 Å². The first-order chi connectivity index (χ1) is 8.76. The molecule has 18 heavy (non-hydrogen) atoms. The third-order valence-corrected chi connectivity index (χ3v) is 3.53. The number of nitrogens with two attached hydrogens (primary N) is 1. The Morgan fingerprint density at radius 2 is 2.39 bits per heavy atom. The number of fused-ring (bicyclic) bond motifs is 1. The SMILES string of the molecule is CCN1CCCC(c2cnc3oc(N)nc3n2)C1. The number of likely N-dealkylation sites (tertiary alicyclic amines) is 1. The fourth-order valence-corrected chi connectivity index (χ4v) is 2.53. The van der Waals surface area contributed by atoms with Crippen molar-refractivity contribution in [3.05, 3.63) is 11.9 Å². The molecule has 2 aromatic rings. The van der Waals surface area contributed by atoms with Crippen molar-refractivity contribution in [2.45, 2.75) is 25.7 Å². The topological polar surface area (TPSA) is 81.1 Å². The van der Waals surface area contributed by atoms with Crippen molar-refractivity contribution in [3.63, 3.8) is 0 Å². The maximum absolute atomic E-state index is 5.50. The Labute approximate surface area is 105 Å². The molecular formula is C12H17N5O. The van der Waals surface area contributed by atoms with Crippen molar-refractivity contribution < 1.29 is 4.42 Å². The molecule has 3 heterocycles. The van der Waals surface area contributed by atoms with E-state index in [4.69, 9.17) is 10.2 Å². The first-order valence-electron chi connectivity index (χ1n) is 6.37. The van der Waals surface area contributed by atoms with Crippen molar-refractivity contribution in [2.24, 2.45) is 0 Å². The van der Waals surface area contributed by atoms with E-state index < -0.39 is 0 Å². The van der Waals surface area contributed by atoms with E-state index in [-0.39, 0.29) is 6.01 Å². The summed E-state index contributed by atoms with van der Waals surface area (Å²) in [6.07, 6.45) is 4.15. The summed E-state index contributed by atoms with van der Waals surface area (Å²) in [5.41, 5.74) is 7.42. The van der Waals surface area contributed by atoms with Gasteiger partial charge in [0.2, 0.25) is 5.65 Å². The summed E-state index contributed by atoms with van der Waals surface area (Å²) >= 11 is 0. The minimum absolute atomic E-state index is 0.126. The molecule has 2 aromatic heterocycles. The van der Waals surface area contributed by atoms with Crippen LogP contribution < -0.4 is 5.73 Å². The molecule has 1 aliphatic rings. The van der Waals surface area contributed by atoms with Gasteiger partial charge in [-0.15, -0.1) is 0 Å². The second-order valence-corrected chi connectivity index (χ2v) is 4.71. The van der Waals surface area contributed by atoms with Gasteiger partial charge < -0.3 is 15.1 Å². The van der Waals surface area contributed by atoms with Crippen LogP contribution in [0.4, 0.5) is 6.01 Å². The number of aromatic nitrogens is 3. The lowest BCUT2D eigenvalue weighted by atomic mass is 9.95. The molecule has 0 spiro atoms. The van der Waals surface area contributed by atoms with E-state index in [2.05, 4.69) is 26.8 Å². The highest BCUT2D eigenvalue weighted by atomic mass is 16.4. The molecule has 1 aliphatic heterocycles. The lowest BCUT2D eigenvalue weighted by Crippen LogP contribution is -2.34. The zero-order valence-corrected chi connectivity index (χ0v) is 10.5. The minimum atomic E-state index is 0.126. The van der Waals surface area contributed by atoms with Gasteiger partial charge in [0.05, 0.1) is 11.9 Å². The third kappa shape index (κ3) is 2.03. The van der Waals surface area contributed by atoms with E-state index >= 15 is 0 Å². The molecule has 96 valence electrons. The summed E-state index contributed by atoms with van der Waals surface area (Å²) in [6, 6.07) is 0.126. The average molecular weight is 247 g/mol. The van der Waals surface area contributed by atoms with Crippen LogP contribution >= 0.6 is 0 Å². The highest BCUT2D eigenvalue weighted by Gasteiger charge is 2.22. The maximum atomic E-state index is 5.50. The molecule has 0 saturated carbocycles. The van der Waals surface area contributed by atoms with Crippen molar-refractivity contribution in [1.29, 1.82) is 0 Å². The lowest BCUT2D eigenvalue weighted by Gasteiger charge is -2.31. The van der Waals surface area contributed by atoms with Gasteiger partial charge >= 0.3 is 0 Å². The van der Waals surface area contributed by atoms with Crippen LogP contribution in [0.25, 0.3) is 11.4 Å². The van der Waals surface area contributed by atoms with Gasteiger partial charge in [-0.1, -0.05) is 6.92 Å². The van der Waals surface area contributed by atoms with E-state index in [9.17, 15) is 0 Å². The van der Waals surface area contributed by atoms with Crippen LogP contribution in [0.5, 0.6) is 0 Å². The molecule has 1 saturated heterocycles. The molecule has 6 nitrogen and oxygen atoms in total. The number of rotatable bonds is 2. The minimum Gasteiger partial charge on any atom is -0.403 e. The van der Waals surface area contributed by atoms with Crippen LogP contribution in [0, 0.1) is 0 Å². The molecule has 0 radical (unpaired) electrons. The number of nitrogens with zero attached hydrogens (tertiary/aromatic N) is 4. The summed E-state index contributed by atoms with van der Waals surface area (Å²) in [5.74, 6) is 0.438. The Bertz CT molecular complexity index is 552. The van der Waals surface area contributed by atoms with E-state index in [1.165, 1.54) is 13.0 Å². The number of likely N-dealkylation sites (N-methyl/N-ethyl adjacent to an activating group) is 1. The van der Waals surface area contributed by atoms with Gasteiger partial charge in [0.25, 0.3) is 11.7 Å². The van der Waals surface area contributed by atoms with Crippen LogP contribution in [0.3, 0.4) is 0 Å². The summed E-state index contributed by atoms with van der Waals surface area (Å²) in [4.78, 5) is 15.2. The number of nitrogen functional groups attached to an aromatic ring is 1. The molecule has 0 aromatic carbocycles. The number of hydrogen-bond donors (Lipinski definition) is 1. The predicted molar refractivity (Wildman–Crippen MR) is 68.1 cm³/mol. The Hall–Kier alpha value is -1.69. The Kier molecular flexibility index (Phi) is 2.87. The third-order valence-electron chi connectivity index (χ3n) is 3.53. The molecule has 0 bridgehead atoms. The molecule has 1 fully saturated rings. The van der Waals surface area contributed by atoms with Gasteiger partial charge in [0.15, 0.2) is 0 Å². The Morgan fingerprint density at radius 1 is 1.50 bits per heavy atom. The number of hydrogen-bond acceptors (Lipinski definition) is 6. The molecule has 1 atom stereocenters. The van der Waals surface area contributed by atoms with E-state index in [1.54, 1.807) is 6.20 Å². The summed E-state index contributed by atoms with van der Waals surface area (Å²) < 4.78 is 5.14. The standard InChI is InChI=1S/C12H17N5O/c1-2-17-5-3-4-8(7-17)9-6-14-11-10(15-9)16-12(13)18-11/h6,8H,2-5,7H2,1H3,(H2,13,15,16). The van der Waals surface area contributed by atoms with Gasteiger partial charge in [-0.05, 0) is 25.9 Å². The van der Waals surface area contributed by atoms with Crippen molar-refractivity contribution >= 4 is 17.4 Å². The molecule has 6 heteroatoms. The van der Waals surface area contributed by atoms with Gasteiger partial charge in [-0.3, -0.25) is 0 Å². The first kappa shape index (κ1) is 11.4. The van der Waals surface area contributed by atoms with E-state index in [0.29, 0.717) is 17.3 Å². The molecule has 3 rings (SSSR count). The van der Waals surface area contributed by atoms with Gasteiger partial charge in [-0.2, -0.15) is 4.98 Å². The predicted octanol–water partition coefficient (Wildman–Crippen LogP) is 1.40. The van der Waals surface area contributed by atoms with Crippen LogP contribution in [0.2, 0.25) is 0 Å². The summed E-state index contributed by atoms with van der Waals surface area (Å²) in [5, 5.41) is 0. The van der Waals surface area contributed by atoms with E-state index in [1.807, 2.05) is 0 Å². The molecule has 2 N–H and O–H groups in total. The lowest BCUT2D eigenvalue weighted by molar-refractivity contribution is 0.216. The Balaban J connectivity index is 1.88. The molecule has 0 amide bonds. The van der Waals surface area contributed by atoms with Crippen LogP contribution in [-0.2, 0) is 0 Å². The highest BCUT2D eigenvalue weighted by molar-refractivity contribution is 5.64. The number of piperidine rings is 1. The quantitative estimate of drug-likeness (QED) is 0.863. The zero-order chi connectivity index (χ0) is 12.5. The number of oxazole rings is 1. The highest BCUT2D eigenvalue weighted by Crippen LogP contribution is 2.26. The molecule has 0 aliphatic carbocycles. The Morgan fingerprint density at radius 3 is 3.22 bits per heavy atom.